The van der Waals surface area contributed by atoms with E-state index in [9.17, 15) is 4.79 Å². The van der Waals surface area contributed by atoms with Crippen LogP contribution in [-0.2, 0) is 14.3 Å². The lowest BCUT2D eigenvalue weighted by atomic mass is 10.1. The average Bonchev–Trinajstić information content (AvgIpc) is 2.18. The number of Topliss-reactive ketones (excluding diaryl/α,β-unsaturated/α-hetero) is 1. The third kappa shape index (κ3) is 5.25. The first kappa shape index (κ1) is 14.6. The molecular weight excluding hydrogens is 194 g/mol. The summed E-state index contributed by atoms with van der Waals surface area (Å²) in [7, 11) is 3.33. The number of hydrogen-bond donors (Lipinski definition) is 0. The van der Waals surface area contributed by atoms with Crippen molar-refractivity contribution in [2.24, 2.45) is 0 Å². The molecule has 0 aliphatic carbocycles. The lowest BCUT2D eigenvalue weighted by molar-refractivity contribution is -0.123. The fraction of sp³-hybridized carbons (Fsp3) is 0.909. The van der Waals surface area contributed by atoms with E-state index in [0.717, 1.165) is 6.54 Å². The third-order valence-electron chi connectivity index (χ3n) is 2.61. The molecule has 0 radical (unpaired) electrons. The Kier molecular flexibility index (Phi) is 7.56. The smallest absolute Gasteiger partial charge is 0.146 e. The first-order valence-corrected chi connectivity index (χ1v) is 5.28. The van der Waals surface area contributed by atoms with Gasteiger partial charge in [-0.2, -0.15) is 0 Å². The molecule has 0 aliphatic rings. The summed E-state index contributed by atoms with van der Waals surface area (Å²) in [6.07, 6.45) is 0. The molecule has 0 aromatic carbocycles. The molecule has 0 saturated carbocycles. The van der Waals surface area contributed by atoms with E-state index in [1.807, 2.05) is 6.92 Å². The van der Waals surface area contributed by atoms with Gasteiger partial charge in [0.25, 0.3) is 0 Å². The molecule has 0 rings (SSSR count). The zero-order valence-electron chi connectivity index (χ0n) is 10.4. The van der Waals surface area contributed by atoms with Gasteiger partial charge in [0.1, 0.15) is 5.78 Å². The molecule has 0 fully saturated rings. The van der Waals surface area contributed by atoms with E-state index in [-0.39, 0.29) is 17.9 Å². The fourth-order valence-electron chi connectivity index (χ4n) is 1.56. The monoisotopic (exact) mass is 217 g/mol. The summed E-state index contributed by atoms with van der Waals surface area (Å²) in [6.45, 7) is 7.60. The Morgan fingerprint density at radius 1 is 1.27 bits per heavy atom. The van der Waals surface area contributed by atoms with E-state index < -0.39 is 0 Å². The normalized spacial score (nSPS) is 15.3. The van der Waals surface area contributed by atoms with Gasteiger partial charge in [-0.25, -0.2) is 0 Å². The summed E-state index contributed by atoms with van der Waals surface area (Å²) >= 11 is 0. The van der Waals surface area contributed by atoms with Crippen molar-refractivity contribution in [1.29, 1.82) is 0 Å². The zero-order valence-corrected chi connectivity index (χ0v) is 10.4. The van der Waals surface area contributed by atoms with Crippen molar-refractivity contribution in [3.8, 4) is 0 Å². The minimum atomic E-state index is -0.0784. The van der Waals surface area contributed by atoms with Gasteiger partial charge in [-0.1, -0.05) is 0 Å². The van der Waals surface area contributed by atoms with Gasteiger partial charge in [0.2, 0.25) is 0 Å². The topological polar surface area (TPSA) is 38.8 Å². The van der Waals surface area contributed by atoms with Crippen LogP contribution in [-0.4, -0.2) is 56.7 Å². The fourth-order valence-corrected chi connectivity index (χ4v) is 1.56. The van der Waals surface area contributed by atoms with Gasteiger partial charge in [-0.05, 0) is 20.8 Å². The van der Waals surface area contributed by atoms with Crippen LogP contribution in [0, 0.1) is 0 Å². The summed E-state index contributed by atoms with van der Waals surface area (Å²) in [5, 5.41) is 0. The summed E-state index contributed by atoms with van der Waals surface area (Å²) in [6, 6.07) is 0.148. The van der Waals surface area contributed by atoms with Crippen LogP contribution in [0.15, 0.2) is 0 Å². The first-order valence-electron chi connectivity index (χ1n) is 5.28. The summed E-state index contributed by atoms with van der Waals surface area (Å²) in [5.74, 6) is 0.175. The number of nitrogens with zero attached hydrogens (tertiary/aromatic N) is 1. The summed E-state index contributed by atoms with van der Waals surface area (Å²) < 4.78 is 10.1. The van der Waals surface area contributed by atoms with Crippen LogP contribution in [0.2, 0.25) is 0 Å². The molecule has 90 valence electrons. The molecule has 2 unspecified atom stereocenters. The van der Waals surface area contributed by atoms with Crippen LogP contribution < -0.4 is 0 Å². The van der Waals surface area contributed by atoms with E-state index >= 15 is 0 Å². The Morgan fingerprint density at radius 3 is 2.27 bits per heavy atom. The lowest BCUT2D eigenvalue weighted by Crippen LogP contribution is -2.47. The zero-order chi connectivity index (χ0) is 11.8. The van der Waals surface area contributed by atoms with Crippen molar-refractivity contribution < 1.29 is 14.3 Å². The highest BCUT2D eigenvalue weighted by Gasteiger charge is 2.22. The molecule has 0 aliphatic heterocycles. The van der Waals surface area contributed by atoms with Crippen molar-refractivity contribution in [2.45, 2.75) is 32.9 Å². The standard InChI is InChI=1S/C11H23NO3/c1-9(8-15-5)12(6-7-14-4)10(2)11(3)13/h9-10H,6-8H2,1-5H3. The number of rotatable bonds is 8. The summed E-state index contributed by atoms with van der Waals surface area (Å²) in [5.41, 5.74) is 0. The molecule has 0 heterocycles. The van der Waals surface area contributed by atoms with Crippen LogP contribution in [0.5, 0.6) is 0 Å². The van der Waals surface area contributed by atoms with E-state index in [1.165, 1.54) is 0 Å². The molecule has 4 heteroatoms. The number of ketones is 1. The minimum absolute atomic E-state index is 0.0784. The van der Waals surface area contributed by atoms with Crippen molar-refractivity contribution in [2.75, 3.05) is 34.0 Å². The predicted octanol–water partition coefficient (Wildman–Crippen LogP) is 0.947. The quantitative estimate of drug-likeness (QED) is 0.607. The molecule has 0 bridgehead atoms. The van der Waals surface area contributed by atoms with Crippen molar-refractivity contribution in [3.05, 3.63) is 0 Å². The van der Waals surface area contributed by atoms with Crippen molar-refractivity contribution in [1.82, 2.24) is 4.90 Å². The maximum Gasteiger partial charge on any atom is 0.146 e. The number of carbonyl (C=O) groups is 1. The molecule has 0 amide bonds. The van der Waals surface area contributed by atoms with Gasteiger partial charge in [0.05, 0.1) is 19.3 Å². The van der Waals surface area contributed by atoms with Crippen molar-refractivity contribution >= 4 is 5.78 Å². The largest absolute Gasteiger partial charge is 0.383 e. The molecule has 0 aromatic rings. The van der Waals surface area contributed by atoms with Crippen LogP contribution in [0.25, 0.3) is 0 Å². The SMILES string of the molecule is COCCN(C(C)COC)C(C)C(C)=O. The predicted molar refractivity (Wildman–Crippen MR) is 60.1 cm³/mol. The second kappa shape index (κ2) is 7.79. The Hall–Kier alpha value is -0.450. The molecule has 0 saturated heterocycles. The van der Waals surface area contributed by atoms with Crippen LogP contribution in [0.4, 0.5) is 0 Å². The molecule has 15 heavy (non-hydrogen) atoms. The summed E-state index contributed by atoms with van der Waals surface area (Å²) in [4.78, 5) is 13.4. The lowest BCUT2D eigenvalue weighted by Gasteiger charge is -2.32. The molecule has 0 aromatic heterocycles. The second-order valence-corrected chi connectivity index (χ2v) is 3.82. The number of hydrogen-bond acceptors (Lipinski definition) is 4. The molecular formula is C11H23NO3. The maximum atomic E-state index is 11.3. The first-order chi connectivity index (χ1) is 7.04. The van der Waals surface area contributed by atoms with Gasteiger partial charge in [0, 0.05) is 26.8 Å². The molecule has 2 atom stereocenters. The molecule has 0 spiro atoms. The highest BCUT2D eigenvalue weighted by Crippen LogP contribution is 2.07. The Bertz CT molecular complexity index is 185. The second-order valence-electron chi connectivity index (χ2n) is 3.82. The Labute approximate surface area is 92.5 Å². The van der Waals surface area contributed by atoms with Crippen LogP contribution >= 0.6 is 0 Å². The Morgan fingerprint density at radius 2 is 1.87 bits per heavy atom. The van der Waals surface area contributed by atoms with Gasteiger partial charge in [-0.15, -0.1) is 0 Å². The minimum Gasteiger partial charge on any atom is -0.383 e. The highest BCUT2D eigenvalue weighted by atomic mass is 16.5. The average molecular weight is 217 g/mol. The van der Waals surface area contributed by atoms with Crippen LogP contribution in [0.1, 0.15) is 20.8 Å². The van der Waals surface area contributed by atoms with E-state index in [0.29, 0.717) is 13.2 Å². The van der Waals surface area contributed by atoms with Crippen LogP contribution in [0.3, 0.4) is 0 Å². The van der Waals surface area contributed by atoms with E-state index in [1.54, 1.807) is 21.1 Å². The molecule has 4 nitrogen and oxygen atoms in total. The van der Waals surface area contributed by atoms with E-state index in [2.05, 4.69) is 11.8 Å². The maximum absolute atomic E-state index is 11.3. The van der Waals surface area contributed by atoms with Gasteiger partial charge in [0.15, 0.2) is 0 Å². The van der Waals surface area contributed by atoms with Crippen molar-refractivity contribution in [3.63, 3.8) is 0 Å². The Balaban J connectivity index is 4.34. The van der Waals surface area contributed by atoms with Gasteiger partial charge >= 0.3 is 0 Å². The number of methoxy groups -OCH3 is 2. The third-order valence-corrected chi connectivity index (χ3v) is 2.61. The number of carbonyl (C=O) groups excluding carboxylic acids is 1. The van der Waals surface area contributed by atoms with E-state index in [4.69, 9.17) is 9.47 Å². The van der Waals surface area contributed by atoms with Gasteiger partial charge in [-0.3, -0.25) is 9.69 Å². The van der Waals surface area contributed by atoms with Gasteiger partial charge < -0.3 is 9.47 Å². The number of ether oxygens (including phenoxy) is 2. The molecule has 0 N–H and O–H groups in total. The highest BCUT2D eigenvalue weighted by molar-refractivity contribution is 5.80.